The van der Waals surface area contributed by atoms with Gasteiger partial charge in [-0.2, -0.15) is 0 Å². The third kappa shape index (κ3) is 8.99. The molecule has 0 spiro atoms. The van der Waals surface area contributed by atoms with Crippen LogP contribution in [0.25, 0.3) is 0 Å². The molecule has 226 valence electrons. The van der Waals surface area contributed by atoms with Crippen molar-refractivity contribution in [2.45, 2.75) is 49.9 Å². The number of phenols is 1. The Morgan fingerprint density at radius 2 is 1.12 bits per heavy atom. The molecular formula is C27H32N10O6. The molecule has 3 heterocycles. The Hall–Kier alpha value is -5.51. The highest BCUT2D eigenvalue weighted by Gasteiger charge is 2.31. The summed E-state index contributed by atoms with van der Waals surface area (Å²) in [6.07, 6.45) is 8.71. The van der Waals surface area contributed by atoms with Crippen LogP contribution in [-0.4, -0.2) is 88.0 Å². The lowest BCUT2D eigenvalue weighted by atomic mass is 10.0. The van der Waals surface area contributed by atoms with Crippen LogP contribution in [0.3, 0.4) is 0 Å². The van der Waals surface area contributed by atoms with Crippen molar-refractivity contribution in [2.75, 3.05) is 0 Å². The van der Waals surface area contributed by atoms with E-state index >= 15 is 0 Å². The van der Waals surface area contributed by atoms with Crippen molar-refractivity contribution in [3.8, 4) is 5.75 Å². The normalized spacial score (nSPS) is 13.8. The fraction of sp³-hybridized carbons (Fsp3) is 0.296. The number of carbonyl (C=O) groups excluding carboxylic acids is 3. The van der Waals surface area contributed by atoms with Crippen LogP contribution in [0.1, 0.15) is 22.6 Å². The Morgan fingerprint density at radius 1 is 0.674 bits per heavy atom. The molecule has 16 heteroatoms. The first-order valence-corrected chi connectivity index (χ1v) is 13.3. The summed E-state index contributed by atoms with van der Waals surface area (Å²) in [5.41, 5.74) is 8.32. The number of imidazole rings is 3. The first kappa shape index (κ1) is 30.4. The van der Waals surface area contributed by atoms with Gasteiger partial charge >= 0.3 is 5.97 Å². The molecule has 10 N–H and O–H groups in total. The number of hydrogen-bond donors (Lipinski definition) is 9. The zero-order valence-corrected chi connectivity index (χ0v) is 22.9. The van der Waals surface area contributed by atoms with Crippen LogP contribution in [-0.2, 0) is 44.9 Å². The van der Waals surface area contributed by atoms with Crippen LogP contribution in [0, 0.1) is 0 Å². The maximum atomic E-state index is 13.6. The van der Waals surface area contributed by atoms with Crippen molar-refractivity contribution in [1.82, 2.24) is 45.9 Å². The second-order valence-electron chi connectivity index (χ2n) is 9.84. The molecule has 0 bridgehead atoms. The number of amides is 3. The van der Waals surface area contributed by atoms with Crippen molar-refractivity contribution >= 4 is 23.7 Å². The van der Waals surface area contributed by atoms with Crippen molar-refractivity contribution in [3.63, 3.8) is 0 Å². The number of nitrogens with zero attached hydrogens (tertiary/aromatic N) is 3. The fourth-order valence-electron chi connectivity index (χ4n) is 4.27. The molecule has 4 unspecified atom stereocenters. The molecule has 0 saturated carbocycles. The minimum absolute atomic E-state index is 0.00457. The number of aromatic hydroxyl groups is 1. The Kier molecular flexibility index (Phi) is 10.2. The summed E-state index contributed by atoms with van der Waals surface area (Å²) >= 11 is 0. The molecule has 1 aromatic carbocycles. The van der Waals surface area contributed by atoms with Crippen molar-refractivity contribution in [2.24, 2.45) is 5.73 Å². The zero-order chi connectivity index (χ0) is 30.8. The van der Waals surface area contributed by atoms with Gasteiger partial charge < -0.3 is 46.8 Å². The van der Waals surface area contributed by atoms with Gasteiger partial charge in [0.1, 0.15) is 23.9 Å². The highest BCUT2D eigenvalue weighted by molar-refractivity contribution is 5.94. The van der Waals surface area contributed by atoms with Gasteiger partial charge in [-0.05, 0) is 17.7 Å². The summed E-state index contributed by atoms with van der Waals surface area (Å²) in [5, 5.41) is 27.2. The summed E-state index contributed by atoms with van der Waals surface area (Å²) in [4.78, 5) is 72.2. The summed E-state index contributed by atoms with van der Waals surface area (Å²) < 4.78 is 0. The van der Waals surface area contributed by atoms with E-state index in [1.54, 1.807) is 12.1 Å². The molecule has 3 aromatic heterocycles. The van der Waals surface area contributed by atoms with Gasteiger partial charge in [0, 0.05) is 61.4 Å². The monoisotopic (exact) mass is 592 g/mol. The molecule has 0 aliphatic heterocycles. The Morgan fingerprint density at radius 3 is 1.60 bits per heavy atom. The topological polar surface area (TPSA) is 257 Å². The van der Waals surface area contributed by atoms with E-state index in [1.807, 2.05) is 0 Å². The van der Waals surface area contributed by atoms with Crippen LogP contribution in [0.5, 0.6) is 5.75 Å². The van der Waals surface area contributed by atoms with Crippen molar-refractivity contribution in [1.29, 1.82) is 0 Å². The summed E-state index contributed by atoms with van der Waals surface area (Å²) in [5.74, 6) is -3.35. The van der Waals surface area contributed by atoms with E-state index in [4.69, 9.17) is 5.73 Å². The van der Waals surface area contributed by atoms with E-state index in [0.717, 1.165) is 0 Å². The lowest BCUT2D eigenvalue weighted by Gasteiger charge is -2.25. The third-order valence-corrected chi connectivity index (χ3v) is 6.55. The molecule has 4 atom stereocenters. The number of hydrogen-bond acceptors (Lipinski definition) is 9. The number of aliphatic carboxylic acids is 1. The van der Waals surface area contributed by atoms with E-state index in [1.165, 1.54) is 49.7 Å². The summed E-state index contributed by atoms with van der Waals surface area (Å²) in [7, 11) is 0. The molecule has 0 fully saturated rings. The molecule has 0 radical (unpaired) electrons. The van der Waals surface area contributed by atoms with Crippen LogP contribution < -0.4 is 21.7 Å². The van der Waals surface area contributed by atoms with E-state index in [0.29, 0.717) is 22.6 Å². The molecule has 43 heavy (non-hydrogen) atoms. The van der Waals surface area contributed by atoms with Crippen molar-refractivity contribution in [3.05, 3.63) is 84.5 Å². The molecule has 0 aliphatic carbocycles. The van der Waals surface area contributed by atoms with E-state index in [9.17, 15) is 29.4 Å². The third-order valence-electron chi connectivity index (χ3n) is 6.55. The number of aromatic nitrogens is 6. The number of carboxylic acids is 1. The Labute approximate surface area is 244 Å². The molecule has 4 aromatic rings. The number of H-pyrrole nitrogens is 3. The average molecular weight is 593 g/mol. The Bertz CT molecular complexity index is 1470. The summed E-state index contributed by atoms with van der Waals surface area (Å²) in [6, 6.07) is 1.31. The highest BCUT2D eigenvalue weighted by atomic mass is 16.4. The molecule has 0 saturated heterocycles. The smallest absolute Gasteiger partial charge is 0.326 e. The van der Waals surface area contributed by atoms with E-state index in [2.05, 4.69) is 45.9 Å². The van der Waals surface area contributed by atoms with Gasteiger partial charge in [0.15, 0.2) is 0 Å². The molecule has 16 nitrogen and oxygen atoms in total. The number of rotatable bonds is 15. The number of phenolic OH excluding ortho intramolecular Hbond substituents is 1. The van der Waals surface area contributed by atoms with Gasteiger partial charge in [-0.15, -0.1) is 0 Å². The average Bonchev–Trinajstić information content (AvgIpc) is 3.78. The highest BCUT2D eigenvalue weighted by Crippen LogP contribution is 2.12. The molecular weight excluding hydrogens is 560 g/mol. The predicted octanol–water partition coefficient (Wildman–Crippen LogP) is -1.30. The maximum Gasteiger partial charge on any atom is 0.326 e. The van der Waals surface area contributed by atoms with E-state index in [-0.39, 0.29) is 31.4 Å². The Balaban J connectivity index is 1.52. The maximum absolute atomic E-state index is 13.6. The first-order valence-electron chi connectivity index (χ1n) is 13.3. The van der Waals surface area contributed by atoms with Crippen LogP contribution in [0.2, 0.25) is 0 Å². The van der Waals surface area contributed by atoms with Gasteiger partial charge in [-0.3, -0.25) is 14.4 Å². The predicted molar refractivity (Wildman–Crippen MR) is 150 cm³/mol. The van der Waals surface area contributed by atoms with Gasteiger partial charge in [0.2, 0.25) is 17.7 Å². The first-order chi connectivity index (χ1) is 20.7. The SMILES string of the molecule is NC(Cc1cnc[nH]1)C(=O)NC(Cc1ccc(O)cc1)C(=O)NC(Cc1cnc[nH]1)C(=O)NC(Cc1cnc[nH]1)C(=O)O. The number of benzene rings is 1. The quantitative estimate of drug-likeness (QED) is 0.0788. The lowest BCUT2D eigenvalue weighted by Crippen LogP contribution is -2.58. The van der Waals surface area contributed by atoms with Gasteiger partial charge in [0.05, 0.1) is 25.0 Å². The second-order valence-corrected chi connectivity index (χ2v) is 9.84. The van der Waals surface area contributed by atoms with Gasteiger partial charge in [0.25, 0.3) is 0 Å². The number of nitrogens with one attached hydrogen (secondary N) is 6. The molecule has 4 rings (SSSR count). The minimum atomic E-state index is -1.32. The number of carbonyl (C=O) groups is 4. The van der Waals surface area contributed by atoms with E-state index < -0.39 is 47.9 Å². The summed E-state index contributed by atoms with van der Waals surface area (Å²) in [6.45, 7) is 0. The largest absolute Gasteiger partial charge is 0.508 e. The molecule has 3 amide bonds. The zero-order valence-electron chi connectivity index (χ0n) is 22.9. The minimum Gasteiger partial charge on any atom is -0.508 e. The number of nitrogens with two attached hydrogens (primary N) is 1. The van der Waals surface area contributed by atoms with Crippen LogP contribution in [0.15, 0.2) is 61.8 Å². The number of carboxylic acid groups (broad SMARTS) is 1. The van der Waals surface area contributed by atoms with Gasteiger partial charge in [-0.1, -0.05) is 12.1 Å². The van der Waals surface area contributed by atoms with Gasteiger partial charge in [-0.25, -0.2) is 19.7 Å². The number of aromatic amines is 3. The van der Waals surface area contributed by atoms with Crippen LogP contribution in [0.4, 0.5) is 0 Å². The molecule has 0 aliphatic rings. The fourth-order valence-corrected chi connectivity index (χ4v) is 4.27. The standard InChI is InChI=1S/C27H32N10O6/c28-20(6-16-9-29-12-32-16)24(39)35-21(5-15-1-3-19(38)4-2-15)25(40)36-22(7-17-10-30-13-33-17)26(41)37-23(27(42)43)8-18-11-31-14-34-18/h1-4,9-14,20-23,38H,5-8,28H2,(H,29,32)(H,30,33)(H,31,34)(H,35,39)(H,36,40)(H,37,41)(H,42,43). The second kappa shape index (κ2) is 14.4. The van der Waals surface area contributed by atoms with Crippen LogP contribution >= 0.6 is 0 Å². The van der Waals surface area contributed by atoms with Crippen molar-refractivity contribution < 1.29 is 29.4 Å². The lowest BCUT2D eigenvalue weighted by molar-refractivity contribution is -0.142.